The molecule has 0 aromatic heterocycles. The van der Waals surface area contributed by atoms with Gasteiger partial charge in [-0.05, 0) is 126 Å². The summed E-state index contributed by atoms with van der Waals surface area (Å²) in [6.07, 6.45) is 15.1. The normalized spacial score (nSPS) is 36.8. The number of esters is 1. The number of allylic oxidation sites excluding steroid dienone is 6. The minimum atomic E-state index is -2.45. The number of rotatable bonds is 16. The second kappa shape index (κ2) is 33.6. The monoisotopic (exact) mass is 1110 g/mol. The zero-order chi connectivity index (χ0) is 57.6. The number of cyclic esters (lactones) is 1. The van der Waals surface area contributed by atoms with E-state index < -0.39 is 77.8 Å². The number of amides is 1. The van der Waals surface area contributed by atoms with E-state index in [1.165, 1.54) is 12.0 Å². The Morgan fingerprint density at radius 3 is 2.24 bits per heavy atom. The number of methoxy groups -OCH3 is 3. The Bertz CT molecular complexity index is 2050. The fourth-order valence-electron chi connectivity index (χ4n) is 12.1. The summed E-state index contributed by atoms with van der Waals surface area (Å²) < 4.78 is 48.0. The van der Waals surface area contributed by atoms with Gasteiger partial charge in [-0.2, -0.15) is 0 Å². The van der Waals surface area contributed by atoms with Crippen molar-refractivity contribution < 1.29 is 72.1 Å². The van der Waals surface area contributed by atoms with Crippen molar-refractivity contribution in [3.63, 3.8) is 0 Å². The molecule has 0 aromatic carbocycles. The van der Waals surface area contributed by atoms with Gasteiger partial charge in [0.25, 0.3) is 11.7 Å². The lowest BCUT2D eigenvalue weighted by Crippen LogP contribution is -2.61. The number of carbonyl (C=O) groups is 5. The number of aliphatic hydroxyl groups excluding tert-OH is 1. The zero-order valence-corrected chi connectivity index (χ0v) is 49.6. The largest absolute Gasteiger partial charge is 0.460 e. The number of carbonyl (C=O) groups excluding carboxylic acids is 5. The van der Waals surface area contributed by atoms with Crippen molar-refractivity contribution in [2.45, 2.75) is 199 Å². The standard InChI is InChI=1S/C62H100N2O15/c1-41-19-12-11-13-20-42(2)53(77-31-17-16-30-72-8)39-49-24-22-47(7)62(71,79-49)59(68)60(69)64-27-15-14-21-50(64)61(70)78-54(40-51(65)43(3)36-46(6)57(67)58(74-10)56(66)45(5)35-41)44(4)37-48-23-25-52(55(38-48)73-9)76-32-18-26-63-28-33-75-34-29-63/h11-13,19-20,36,41,43-45,47-50,52-55,57-58,67,71H,14-18,21-35,37-40H2,1-10H3/b13-11+,19-12+,42-20+,46-36+/t41-,43-,44-,45-,47-,48+,49+,50?,52-,53?,54+,55-,57-,58+,62-/m1/s1. The predicted molar refractivity (Wildman–Crippen MR) is 301 cm³/mol. The van der Waals surface area contributed by atoms with Crippen LogP contribution in [-0.2, 0) is 61.9 Å². The number of fused-ring (bicyclic) bond motifs is 3. The lowest BCUT2D eigenvalue weighted by molar-refractivity contribution is -0.266. The third kappa shape index (κ3) is 19.8. The van der Waals surface area contributed by atoms with Gasteiger partial charge in [0.1, 0.15) is 30.1 Å². The van der Waals surface area contributed by atoms with Crippen molar-refractivity contribution in [1.29, 1.82) is 0 Å². The highest BCUT2D eigenvalue weighted by molar-refractivity contribution is 6.39. The van der Waals surface area contributed by atoms with E-state index in [0.717, 1.165) is 76.9 Å². The van der Waals surface area contributed by atoms with Gasteiger partial charge < -0.3 is 53.0 Å². The molecule has 0 radical (unpaired) electrons. The molecule has 5 rings (SSSR count). The number of ether oxygens (including phenoxy) is 8. The van der Waals surface area contributed by atoms with Gasteiger partial charge >= 0.3 is 5.97 Å². The number of morpholine rings is 1. The first-order chi connectivity index (χ1) is 37.8. The predicted octanol–water partition coefficient (Wildman–Crippen LogP) is 7.72. The van der Waals surface area contributed by atoms with Crippen molar-refractivity contribution in [3.05, 3.63) is 47.6 Å². The van der Waals surface area contributed by atoms with Crippen LogP contribution in [-0.4, -0.2) is 184 Å². The molecule has 4 heterocycles. The summed E-state index contributed by atoms with van der Waals surface area (Å²) in [5.41, 5.74) is 1.30. The van der Waals surface area contributed by atoms with Gasteiger partial charge in [-0.3, -0.25) is 24.1 Å². The van der Waals surface area contributed by atoms with Gasteiger partial charge in [0.15, 0.2) is 5.78 Å². The molecule has 0 aromatic rings. The van der Waals surface area contributed by atoms with Crippen molar-refractivity contribution in [3.8, 4) is 0 Å². The summed E-state index contributed by atoms with van der Waals surface area (Å²) in [5.74, 6) is -7.88. The molecule has 79 heavy (non-hydrogen) atoms. The first-order valence-electron chi connectivity index (χ1n) is 29.8. The van der Waals surface area contributed by atoms with Crippen molar-refractivity contribution in [2.75, 3.05) is 80.5 Å². The summed E-state index contributed by atoms with van der Waals surface area (Å²) in [5, 5.41) is 23.8. The molecule has 4 aliphatic heterocycles. The average molecular weight is 1110 g/mol. The highest BCUT2D eigenvalue weighted by atomic mass is 16.6. The first kappa shape index (κ1) is 66.3. The molecule has 2 unspecified atom stereocenters. The number of hydrogen-bond donors (Lipinski definition) is 2. The maximum atomic E-state index is 14.7. The molecular formula is C62H100N2O15. The summed E-state index contributed by atoms with van der Waals surface area (Å²) in [6, 6.07) is -1.15. The summed E-state index contributed by atoms with van der Waals surface area (Å²) in [7, 11) is 4.76. The molecule has 15 atom stereocenters. The van der Waals surface area contributed by atoms with Gasteiger partial charge in [0.2, 0.25) is 5.79 Å². The topological polar surface area (TPSA) is 206 Å². The fourth-order valence-corrected chi connectivity index (χ4v) is 12.1. The van der Waals surface area contributed by atoms with Gasteiger partial charge in [-0.25, -0.2) is 4.79 Å². The molecule has 2 N–H and O–H groups in total. The second-order valence-corrected chi connectivity index (χ2v) is 23.6. The number of nitrogens with zero attached hydrogens (tertiary/aromatic N) is 2. The van der Waals surface area contributed by atoms with Crippen molar-refractivity contribution in [1.82, 2.24) is 9.80 Å². The minimum absolute atomic E-state index is 0.00698. The van der Waals surface area contributed by atoms with Crippen molar-refractivity contribution >= 4 is 29.2 Å². The van der Waals surface area contributed by atoms with Crippen molar-refractivity contribution in [2.24, 2.45) is 35.5 Å². The van der Waals surface area contributed by atoms with Gasteiger partial charge in [0, 0.05) is 97.9 Å². The molecule has 5 aliphatic rings. The third-order valence-corrected chi connectivity index (χ3v) is 17.3. The maximum absolute atomic E-state index is 14.7. The molecule has 1 aliphatic carbocycles. The molecule has 0 spiro atoms. The van der Waals surface area contributed by atoms with Crippen LogP contribution in [0.3, 0.4) is 0 Å². The third-order valence-electron chi connectivity index (χ3n) is 17.3. The quantitative estimate of drug-likeness (QED) is 0.0657. The van der Waals surface area contributed by atoms with Gasteiger partial charge in [-0.15, -0.1) is 0 Å². The SMILES string of the molecule is COCCCCOC1C[C@@H]2CC[C@@H](C)[C@@](O)(O2)C(=O)C(=O)N2CCCCC2C(=O)O[C@H]([C@H](C)C[C@@H]2CC[C@@H](OCCCN3CCOCC3)[C@H](OC)C2)CC(=O)[C@H](C)/C=C(\C)[C@@H](O)[C@@H](OC)C(=O)[C@H](C)C[C@H](C)/C=C/C=C/C=C/1C. The molecule has 3 saturated heterocycles. The van der Waals surface area contributed by atoms with Crippen LogP contribution in [0.15, 0.2) is 47.6 Å². The maximum Gasteiger partial charge on any atom is 0.329 e. The Morgan fingerprint density at radius 1 is 0.785 bits per heavy atom. The smallest absolute Gasteiger partial charge is 0.329 e. The van der Waals surface area contributed by atoms with E-state index in [9.17, 15) is 34.2 Å². The Hall–Kier alpha value is -3.49. The molecular weight excluding hydrogens is 1010 g/mol. The molecule has 17 heteroatoms. The van der Waals surface area contributed by atoms with E-state index in [1.807, 2.05) is 58.1 Å². The zero-order valence-electron chi connectivity index (χ0n) is 49.6. The molecule has 17 nitrogen and oxygen atoms in total. The van der Waals surface area contributed by atoms with Crippen LogP contribution in [0.2, 0.25) is 0 Å². The lowest BCUT2D eigenvalue weighted by atomic mass is 9.78. The lowest BCUT2D eigenvalue weighted by Gasteiger charge is -2.43. The van der Waals surface area contributed by atoms with E-state index in [1.54, 1.807) is 41.1 Å². The number of unbranched alkanes of at least 4 members (excludes halogenated alkanes) is 1. The Labute approximate surface area is 472 Å². The number of piperidine rings is 1. The number of aliphatic hydroxyl groups is 2. The molecule has 2 bridgehead atoms. The second-order valence-electron chi connectivity index (χ2n) is 23.6. The molecule has 448 valence electrons. The molecule has 1 saturated carbocycles. The van der Waals surface area contributed by atoms with Crippen LogP contribution in [0, 0.1) is 35.5 Å². The summed E-state index contributed by atoms with van der Waals surface area (Å²) >= 11 is 0. The van der Waals surface area contributed by atoms with Gasteiger partial charge in [-0.1, -0.05) is 71.1 Å². The number of hydrogen-bond acceptors (Lipinski definition) is 16. The van der Waals surface area contributed by atoms with E-state index in [-0.39, 0.29) is 60.9 Å². The minimum Gasteiger partial charge on any atom is -0.460 e. The number of Topliss-reactive ketones (excluding diaryl/α,β-unsaturated/α-hetero) is 3. The van der Waals surface area contributed by atoms with Gasteiger partial charge in [0.05, 0.1) is 37.6 Å². The highest BCUT2D eigenvalue weighted by Gasteiger charge is 2.53. The van der Waals surface area contributed by atoms with Crippen LogP contribution in [0.5, 0.6) is 0 Å². The summed E-state index contributed by atoms with van der Waals surface area (Å²) in [4.78, 5) is 75.7. The summed E-state index contributed by atoms with van der Waals surface area (Å²) in [6.45, 7) is 19.0. The number of ketones is 3. The fraction of sp³-hybridized carbons (Fsp3) is 0.790. The first-order valence-corrected chi connectivity index (χ1v) is 29.8. The molecule has 4 fully saturated rings. The average Bonchev–Trinajstić information content (AvgIpc) is 3.47. The van der Waals surface area contributed by atoms with Crippen LogP contribution in [0.25, 0.3) is 0 Å². The van der Waals surface area contributed by atoms with Crippen LogP contribution < -0.4 is 0 Å². The Balaban J connectivity index is 1.42. The van der Waals surface area contributed by atoms with E-state index in [4.69, 9.17) is 37.9 Å². The van der Waals surface area contributed by atoms with Crippen LogP contribution in [0.4, 0.5) is 0 Å². The van der Waals surface area contributed by atoms with Crippen LogP contribution in [0.1, 0.15) is 145 Å². The highest BCUT2D eigenvalue weighted by Crippen LogP contribution is 2.38. The van der Waals surface area contributed by atoms with E-state index in [0.29, 0.717) is 70.3 Å². The molecule has 1 amide bonds. The van der Waals surface area contributed by atoms with E-state index in [2.05, 4.69) is 4.90 Å². The Morgan fingerprint density at radius 2 is 1.52 bits per heavy atom. The Kier molecular flexibility index (Phi) is 28.2. The van der Waals surface area contributed by atoms with Crippen LogP contribution >= 0.6 is 0 Å². The van der Waals surface area contributed by atoms with E-state index >= 15 is 0 Å².